The number of aryl methyl sites for hydroxylation is 1. The summed E-state index contributed by atoms with van der Waals surface area (Å²) in [4.78, 5) is 14.5. The average Bonchev–Trinajstić information content (AvgIpc) is 2.67. The van der Waals surface area contributed by atoms with Crippen molar-refractivity contribution in [1.29, 1.82) is 0 Å². The highest BCUT2D eigenvalue weighted by Crippen LogP contribution is 2.26. The van der Waals surface area contributed by atoms with Crippen LogP contribution in [0, 0.1) is 5.82 Å². The third-order valence-electron chi connectivity index (χ3n) is 4.61. The number of nitrogens with zero attached hydrogens (tertiary/aromatic N) is 1. The Morgan fingerprint density at radius 3 is 2.81 bits per heavy atom. The highest BCUT2D eigenvalue weighted by atomic mass is 19.1. The second-order valence-corrected chi connectivity index (χ2v) is 6.58. The van der Waals surface area contributed by atoms with Crippen LogP contribution < -0.4 is 15.0 Å². The quantitative estimate of drug-likeness (QED) is 0.772. The second kappa shape index (κ2) is 8.70. The predicted molar refractivity (Wildman–Crippen MR) is 101 cm³/mol. The minimum absolute atomic E-state index is 0.159. The van der Waals surface area contributed by atoms with E-state index in [1.54, 1.807) is 6.92 Å². The van der Waals surface area contributed by atoms with Crippen molar-refractivity contribution < 1.29 is 13.9 Å². The maximum absolute atomic E-state index is 12.9. The van der Waals surface area contributed by atoms with E-state index in [1.165, 1.54) is 41.9 Å². The third-order valence-corrected chi connectivity index (χ3v) is 4.61. The normalized spacial score (nSPS) is 14.5. The summed E-state index contributed by atoms with van der Waals surface area (Å²) in [7, 11) is 0. The molecule has 1 heterocycles. The Labute approximate surface area is 154 Å². The van der Waals surface area contributed by atoms with E-state index in [4.69, 9.17) is 4.74 Å². The number of ether oxygens (including phenoxy) is 1. The average molecular weight is 356 g/mol. The molecule has 0 fully saturated rings. The van der Waals surface area contributed by atoms with Crippen LogP contribution in [0.5, 0.6) is 5.75 Å². The van der Waals surface area contributed by atoms with Crippen molar-refractivity contribution in [3.05, 3.63) is 59.9 Å². The van der Waals surface area contributed by atoms with Crippen LogP contribution in [0.1, 0.15) is 25.3 Å². The molecule has 4 nitrogen and oxygen atoms in total. The summed E-state index contributed by atoms with van der Waals surface area (Å²) < 4.78 is 18.4. The van der Waals surface area contributed by atoms with Gasteiger partial charge in [-0.2, -0.15) is 0 Å². The van der Waals surface area contributed by atoms with E-state index < -0.39 is 6.10 Å². The number of nitrogens with one attached hydrogen (secondary N) is 1. The summed E-state index contributed by atoms with van der Waals surface area (Å²) >= 11 is 0. The Kier molecular flexibility index (Phi) is 6.10. The molecule has 138 valence electrons. The molecule has 0 saturated heterocycles. The van der Waals surface area contributed by atoms with Crippen molar-refractivity contribution in [3.63, 3.8) is 0 Å². The van der Waals surface area contributed by atoms with E-state index in [1.807, 2.05) is 0 Å². The van der Waals surface area contributed by atoms with Gasteiger partial charge in [-0.3, -0.25) is 4.79 Å². The van der Waals surface area contributed by atoms with Crippen LogP contribution in [-0.4, -0.2) is 31.6 Å². The van der Waals surface area contributed by atoms with Crippen LogP contribution in [0.15, 0.2) is 48.5 Å². The van der Waals surface area contributed by atoms with E-state index in [2.05, 4.69) is 34.5 Å². The largest absolute Gasteiger partial charge is 0.481 e. The zero-order valence-electron chi connectivity index (χ0n) is 15.1. The number of hydrogen-bond donors (Lipinski definition) is 1. The Morgan fingerprint density at radius 2 is 2.00 bits per heavy atom. The maximum Gasteiger partial charge on any atom is 0.260 e. The monoisotopic (exact) mass is 356 g/mol. The first kappa shape index (κ1) is 18.2. The van der Waals surface area contributed by atoms with Crippen LogP contribution in [0.3, 0.4) is 0 Å². The van der Waals surface area contributed by atoms with E-state index >= 15 is 0 Å². The highest BCUT2D eigenvalue weighted by Gasteiger charge is 2.17. The molecule has 26 heavy (non-hydrogen) atoms. The van der Waals surface area contributed by atoms with Gasteiger partial charge in [-0.05, 0) is 62.1 Å². The maximum atomic E-state index is 12.9. The molecule has 1 aliphatic rings. The lowest BCUT2D eigenvalue weighted by atomic mass is 10.0. The standard InChI is InChI=1S/C21H25FN2O2/c1-16(26-19-11-9-18(22)10-12-19)21(25)23-13-5-15-24-14-4-7-17-6-2-3-8-20(17)24/h2-3,6,8-12,16H,4-5,7,13-15H2,1H3,(H,23,25)/t16-/m1/s1. The Balaban J connectivity index is 1.41. The number of hydrogen-bond acceptors (Lipinski definition) is 3. The molecule has 1 amide bonds. The molecule has 0 aromatic heterocycles. The fraction of sp³-hybridized carbons (Fsp3) is 0.381. The van der Waals surface area contributed by atoms with Gasteiger partial charge in [0.25, 0.3) is 5.91 Å². The molecule has 3 rings (SSSR count). The molecule has 1 aliphatic heterocycles. The molecular formula is C21H25FN2O2. The van der Waals surface area contributed by atoms with Gasteiger partial charge in [-0.15, -0.1) is 0 Å². The molecule has 0 aliphatic carbocycles. The van der Waals surface area contributed by atoms with Gasteiger partial charge in [0, 0.05) is 25.3 Å². The molecule has 2 aromatic rings. The zero-order valence-corrected chi connectivity index (χ0v) is 15.1. The van der Waals surface area contributed by atoms with E-state index in [9.17, 15) is 9.18 Å². The molecule has 0 radical (unpaired) electrons. The van der Waals surface area contributed by atoms with E-state index in [0.717, 1.165) is 25.9 Å². The van der Waals surface area contributed by atoms with Gasteiger partial charge >= 0.3 is 0 Å². The number of halogens is 1. The summed E-state index contributed by atoms with van der Waals surface area (Å²) in [5.74, 6) is 0.00100. The van der Waals surface area contributed by atoms with Crippen LogP contribution in [-0.2, 0) is 11.2 Å². The lowest BCUT2D eigenvalue weighted by Crippen LogP contribution is -2.38. The minimum Gasteiger partial charge on any atom is -0.481 e. The van der Waals surface area contributed by atoms with Gasteiger partial charge in [0.05, 0.1) is 0 Å². The van der Waals surface area contributed by atoms with Crippen LogP contribution >= 0.6 is 0 Å². The predicted octanol–water partition coefficient (Wildman–Crippen LogP) is 3.55. The van der Waals surface area contributed by atoms with Crippen LogP contribution in [0.2, 0.25) is 0 Å². The van der Waals surface area contributed by atoms with Gasteiger partial charge in [0.15, 0.2) is 6.10 Å². The molecule has 5 heteroatoms. The Hall–Kier alpha value is -2.56. The number of amides is 1. The van der Waals surface area contributed by atoms with Gasteiger partial charge in [-0.25, -0.2) is 4.39 Å². The number of para-hydroxylation sites is 1. The van der Waals surface area contributed by atoms with Gasteiger partial charge < -0.3 is 15.0 Å². The van der Waals surface area contributed by atoms with Crippen molar-refractivity contribution in [2.75, 3.05) is 24.5 Å². The van der Waals surface area contributed by atoms with Gasteiger partial charge in [0.1, 0.15) is 11.6 Å². The second-order valence-electron chi connectivity index (χ2n) is 6.58. The lowest BCUT2D eigenvalue weighted by Gasteiger charge is -2.31. The number of anilines is 1. The highest BCUT2D eigenvalue weighted by molar-refractivity contribution is 5.80. The number of benzene rings is 2. The fourth-order valence-electron chi connectivity index (χ4n) is 3.24. The van der Waals surface area contributed by atoms with Gasteiger partial charge in [-0.1, -0.05) is 18.2 Å². The minimum atomic E-state index is -0.615. The van der Waals surface area contributed by atoms with Gasteiger partial charge in [0.2, 0.25) is 0 Å². The molecule has 0 bridgehead atoms. The van der Waals surface area contributed by atoms with Crippen molar-refractivity contribution in [3.8, 4) is 5.75 Å². The zero-order chi connectivity index (χ0) is 18.4. The third kappa shape index (κ3) is 4.75. The molecule has 1 atom stereocenters. The molecule has 0 saturated carbocycles. The summed E-state index contributed by atoms with van der Waals surface area (Å²) in [5.41, 5.74) is 2.72. The number of fused-ring (bicyclic) bond motifs is 1. The molecule has 1 N–H and O–H groups in total. The molecule has 2 aromatic carbocycles. The molecular weight excluding hydrogens is 331 g/mol. The summed E-state index contributed by atoms with van der Waals surface area (Å²) in [6, 6.07) is 14.2. The van der Waals surface area contributed by atoms with Crippen molar-refractivity contribution in [2.24, 2.45) is 0 Å². The first-order valence-electron chi connectivity index (χ1n) is 9.16. The van der Waals surface area contributed by atoms with Crippen LogP contribution in [0.25, 0.3) is 0 Å². The van der Waals surface area contributed by atoms with E-state index in [-0.39, 0.29) is 11.7 Å². The first-order chi connectivity index (χ1) is 12.6. The number of carbonyl (C=O) groups excluding carboxylic acids is 1. The number of carbonyl (C=O) groups is 1. The summed E-state index contributed by atoms with van der Waals surface area (Å²) in [6.45, 7) is 4.29. The van der Waals surface area contributed by atoms with Crippen molar-refractivity contribution in [2.45, 2.75) is 32.3 Å². The lowest BCUT2D eigenvalue weighted by molar-refractivity contribution is -0.127. The fourth-order valence-corrected chi connectivity index (χ4v) is 3.24. The number of rotatable bonds is 7. The molecule has 0 spiro atoms. The van der Waals surface area contributed by atoms with Crippen molar-refractivity contribution in [1.82, 2.24) is 5.32 Å². The SMILES string of the molecule is C[C@@H](Oc1ccc(F)cc1)C(=O)NCCCN1CCCc2ccccc21. The van der Waals surface area contributed by atoms with Crippen molar-refractivity contribution >= 4 is 11.6 Å². The smallest absolute Gasteiger partial charge is 0.260 e. The van der Waals surface area contributed by atoms with Crippen LogP contribution in [0.4, 0.5) is 10.1 Å². The summed E-state index contributed by atoms with van der Waals surface area (Å²) in [6.07, 6.45) is 2.58. The molecule has 0 unspecified atom stereocenters. The Bertz CT molecular complexity index is 733. The topological polar surface area (TPSA) is 41.6 Å². The van der Waals surface area contributed by atoms with E-state index in [0.29, 0.717) is 12.3 Å². The Morgan fingerprint density at radius 1 is 1.23 bits per heavy atom. The first-order valence-corrected chi connectivity index (χ1v) is 9.16. The summed E-state index contributed by atoms with van der Waals surface area (Å²) in [5, 5.41) is 2.91.